The number of ether oxygens (including phenoxy) is 2. The monoisotopic (exact) mass is 387 g/mol. The van der Waals surface area contributed by atoms with Crippen LogP contribution < -0.4 is 14.8 Å². The number of morpholine rings is 1. The minimum Gasteiger partial charge on any atom is -0.497 e. The summed E-state index contributed by atoms with van der Waals surface area (Å²) in [6.07, 6.45) is 0. The number of amides is 1. The number of benzene rings is 1. The van der Waals surface area contributed by atoms with E-state index in [1.165, 1.54) is 31.4 Å². The quantitative estimate of drug-likeness (QED) is 0.486. The van der Waals surface area contributed by atoms with Crippen LogP contribution in [0.2, 0.25) is 0 Å². The molecular formula is C16H25N3O6S. The third-order valence-corrected chi connectivity index (χ3v) is 5.48. The Labute approximate surface area is 153 Å². The lowest BCUT2D eigenvalue weighted by molar-refractivity contribution is -0.123. The van der Waals surface area contributed by atoms with E-state index in [-0.39, 0.29) is 4.90 Å². The number of nitrogens with one attached hydrogen (secondary N) is 2. The van der Waals surface area contributed by atoms with Gasteiger partial charge in [0.25, 0.3) is 0 Å². The molecule has 1 amide bonds. The lowest BCUT2D eigenvalue weighted by Gasteiger charge is -2.26. The Hall–Kier alpha value is -1.72. The second kappa shape index (κ2) is 9.83. The number of rotatable bonds is 9. The summed E-state index contributed by atoms with van der Waals surface area (Å²) in [5.41, 5.74) is 0. The molecular weight excluding hydrogens is 362 g/mol. The van der Waals surface area contributed by atoms with E-state index in [1.54, 1.807) is 0 Å². The van der Waals surface area contributed by atoms with Crippen LogP contribution >= 0.6 is 0 Å². The summed E-state index contributed by atoms with van der Waals surface area (Å²) in [7, 11) is -2.46. The van der Waals surface area contributed by atoms with Crippen molar-refractivity contribution in [3.8, 4) is 5.75 Å². The van der Waals surface area contributed by atoms with Gasteiger partial charge < -0.3 is 19.9 Å². The van der Waals surface area contributed by atoms with Crippen LogP contribution in [0.15, 0.2) is 29.2 Å². The lowest BCUT2D eigenvalue weighted by Crippen LogP contribution is -2.50. The van der Waals surface area contributed by atoms with E-state index in [0.29, 0.717) is 32.1 Å². The van der Waals surface area contributed by atoms with E-state index in [2.05, 4.69) is 14.9 Å². The minimum atomic E-state index is -3.94. The van der Waals surface area contributed by atoms with Crippen molar-refractivity contribution in [2.45, 2.75) is 10.9 Å². The van der Waals surface area contributed by atoms with Crippen molar-refractivity contribution in [2.75, 3.05) is 53.1 Å². The Balaban J connectivity index is 1.88. The number of sulfonamides is 1. The smallest absolute Gasteiger partial charge is 0.241 e. The molecule has 0 saturated carbocycles. The molecule has 0 aromatic heterocycles. The van der Waals surface area contributed by atoms with Gasteiger partial charge in [-0.05, 0) is 24.3 Å². The third kappa shape index (κ3) is 5.92. The van der Waals surface area contributed by atoms with E-state index < -0.39 is 28.6 Å². The van der Waals surface area contributed by atoms with Crippen molar-refractivity contribution in [2.24, 2.45) is 0 Å². The van der Waals surface area contributed by atoms with Gasteiger partial charge in [-0.25, -0.2) is 8.42 Å². The minimum absolute atomic E-state index is 0.0159. The Kier molecular flexibility index (Phi) is 7.79. The van der Waals surface area contributed by atoms with Crippen LogP contribution in [-0.2, 0) is 19.6 Å². The Bertz CT molecular complexity index is 674. The van der Waals surface area contributed by atoms with Gasteiger partial charge in [0, 0.05) is 26.2 Å². The fourth-order valence-electron chi connectivity index (χ4n) is 2.47. The average Bonchev–Trinajstić information content (AvgIpc) is 2.67. The molecule has 0 aliphatic carbocycles. The fourth-order valence-corrected chi connectivity index (χ4v) is 3.66. The predicted molar refractivity (Wildman–Crippen MR) is 94.5 cm³/mol. The van der Waals surface area contributed by atoms with Crippen LogP contribution in [0, 0.1) is 0 Å². The van der Waals surface area contributed by atoms with E-state index in [0.717, 1.165) is 13.1 Å². The zero-order chi connectivity index (χ0) is 19.0. The number of hydrogen-bond acceptors (Lipinski definition) is 7. The highest BCUT2D eigenvalue weighted by Gasteiger charge is 2.25. The first kappa shape index (κ1) is 20.6. The molecule has 1 saturated heterocycles. The molecule has 1 fully saturated rings. The van der Waals surface area contributed by atoms with Crippen molar-refractivity contribution < 1.29 is 27.8 Å². The van der Waals surface area contributed by atoms with Gasteiger partial charge >= 0.3 is 0 Å². The second-order valence-electron chi connectivity index (χ2n) is 5.78. The van der Waals surface area contributed by atoms with Gasteiger partial charge in [-0.2, -0.15) is 4.72 Å². The predicted octanol–water partition coefficient (Wildman–Crippen LogP) is -1.22. The number of carbonyl (C=O) groups excluding carboxylic acids is 1. The zero-order valence-electron chi connectivity index (χ0n) is 14.7. The van der Waals surface area contributed by atoms with Crippen molar-refractivity contribution in [3.05, 3.63) is 24.3 Å². The molecule has 0 unspecified atom stereocenters. The molecule has 1 aromatic carbocycles. The van der Waals surface area contributed by atoms with Gasteiger partial charge in [0.2, 0.25) is 15.9 Å². The summed E-state index contributed by atoms with van der Waals surface area (Å²) in [5, 5.41) is 12.0. The number of aliphatic hydroxyl groups excluding tert-OH is 1. The van der Waals surface area contributed by atoms with Crippen molar-refractivity contribution in [3.63, 3.8) is 0 Å². The largest absolute Gasteiger partial charge is 0.497 e. The lowest BCUT2D eigenvalue weighted by atomic mass is 10.3. The molecule has 0 bridgehead atoms. The molecule has 26 heavy (non-hydrogen) atoms. The number of aliphatic hydroxyl groups is 1. The maximum Gasteiger partial charge on any atom is 0.241 e. The first-order chi connectivity index (χ1) is 12.5. The third-order valence-electron chi connectivity index (χ3n) is 4.00. The summed E-state index contributed by atoms with van der Waals surface area (Å²) in [5.74, 6) is -0.0543. The Morgan fingerprint density at radius 2 is 1.96 bits per heavy atom. The van der Waals surface area contributed by atoms with Gasteiger partial charge in [0.05, 0.1) is 31.8 Å². The van der Waals surface area contributed by atoms with Crippen LogP contribution in [0.3, 0.4) is 0 Å². The zero-order valence-corrected chi connectivity index (χ0v) is 15.5. The second-order valence-corrected chi connectivity index (χ2v) is 7.49. The number of carbonyl (C=O) groups is 1. The van der Waals surface area contributed by atoms with Crippen molar-refractivity contribution in [1.82, 2.24) is 14.9 Å². The number of nitrogens with zero attached hydrogens (tertiary/aromatic N) is 1. The normalized spacial score (nSPS) is 16.8. The summed E-state index contributed by atoms with van der Waals surface area (Å²) in [6, 6.07) is 4.49. The van der Waals surface area contributed by atoms with Crippen LogP contribution in [-0.4, -0.2) is 83.5 Å². The van der Waals surface area contributed by atoms with E-state index in [9.17, 15) is 18.3 Å². The Morgan fingerprint density at radius 3 is 2.54 bits per heavy atom. The molecule has 10 heteroatoms. The molecule has 3 N–H and O–H groups in total. The van der Waals surface area contributed by atoms with Gasteiger partial charge in [0.1, 0.15) is 11.8 Å². The first-order valence-corrected chi connectivity index (χ1v) is 9.79. The van der Waals surface area contributed by atoms with Crippen LogP contribution in [0.4, 0.5) is 0 Å². The molecule has 146 valence electrons. The molecule has 9 nitrogen and oxygen atoms in total. The highest BCUT2D eigenvalue weighted by atomic mass is 32.2. The Morgan fingerprint density at radius 1 is 1.31 bits per heavy atom. The topological polar surface area (TPSA) is 117 Å². The summed E-state index contributed by atoms with van der Waals surface area (Å²) >= 11 is 0. The SMILES string of the molecule is COc1ccc(S(=O)(=O)N[C@@H](CO)C(=O)NCCN2CCOCC2)cc1. The van der Waals surface area contributed by atoms with Gasteiger partial charge in [0.15, 0.2) is 0 Å². The molecule has 0 spiro atoms. The van der Waals surface area contributed by atoms with Gasteiger partial charge in [-0.15, -0.1) is 0 Å². The molecule has 1 aliphatic heterocycles. The van der Waals surface area contributed by atoms with Crippen molar-refractivity contribution in [1.29, 1.82) is 0 Å². The summed E-state index contributed by atoms with van der Waals surface area (Å²) in [6.45, 7) is 3.27. The van der Waals surface area contributed by atoms with E-state index >= 15 is 0 Å². The van der Waals surface area contributed by atoms with Crippen LogP contribution in [0.1, 0.15) is 0 Å². The molecule has 1 aromatic rings. The van der Waals surface area contributed by atoms with Gasteiger partial charge in [-0.3, -0.25) is 9.69 Å². The molecule has 1 atom stereocenters. The standard InChI is InChI=1S/C16H25N3O6S/c1-24-13-2-4-14(5-3-13)26(22,23)18-15(12-20)16(21)17-6-7-19-8-10-25-11-9-19/h2-5,15,18,20H,6-12H2,1H3,(H,17,21)/t15-/m0/s1. The maximum atomic E-state index is 12.4. The summed E-state index contributed by atoms with van der Waals surface area (Å²) < 4.78 is 37.2. The molecule has 0 radical (unpaired) electrons. The van der Waals surface area contributed by atoms with Crippen LogP contribution in [0.5, 0.6) is 5.75 Å². The summed E-state index contributed by atoms with van der Waals surface area (Å²) in [4.78, 5) is 14.3. The fraction of sp³-hybridized carbons (Fsp3) is 0.562. The van der Waals surface area contributed by atoms with Gasteiger partial charge in [-0.1, -0.05) is 0 Å². The number of hydrogen-bond donors (Lipinski definition) is 3. The highest BCUT2D eigenvalue weighted by molar-refractivity contribution is 7.89. The average molecular weight is 387 g/mol. The van der Waals surface area contributed by atoms with Crippen LogP contribution in [0.25, 0.3) is 0 Å². The number of methoxy groups -OCH3 is 1. The van der Waals surface area contributed by atoms with E-state index in [4.69, 9.17) is 9.47 Å². The highest BCUT2D eigenvalue weighted by Crippen LogP contribution is 2.15. The molecule has 1 aliphatic rings. The maximum absolute atomic E-state index is 12.4. The molecule has 2 rings (SSSR count). The van der Waals surface area contributed by atoms with E-state index in [1.807, 2.05) is 0 Å². The first-order valence-electron chi connectivity index (χ1n) is 8.31. The van der Waals surface area contributed by atoms with Crippen molar-refractivity contribution >= 4 is 15.9 Å². The molecule has 1 heterocycles.